The van der Waals surface area contributed by atoms with Crippen LogP contribution in [0.3, 0.4) is 0 Å². The highest BCUT2D eigenvalue weighted by Gasteiger charge is 2.37. The Balaban J connectivity index is 2.75. The molecule has 1 heterocycles. The van der Waals surface area contributed by atoms with Crippen LogP contribution in [0.4, 0.5) is 0 Å². The molecule has 0 aromatic rings. The quantitative estimate of drug-likeness (QED) is 0.370. The zero-order chi connectivity index (χ0) is 12.9. The van der Waals surface area contributed by atoms with Crippen molar-refractivity contribution in [1.29, 1.82) is 0 Å². The van der Waals surface area contributed by atoms with E-state index in [1.807, 2.05) is 0 Å². The molecule has 0 aromatic carbocycles. The van der Waals surface area contributed by atoms with Crippen LogP contribution in [-0.2, 0) is 37.8 Å². The zero-order valence-corrected chi connectivity index (χ0v) is 8.94. The Bertz CT molecular complexity index is 349. The van der Waals surface area contributed by atoms with Crippen LogP contribution in [0.2, 0.25) is 0 Å². The van der Waals surface area contributed by atoms with Crippen molar-refractivity contribution in [2.75, 3.05) is 6.61 Å². The van der Waals surface area contributed by atoms with Gasteiger partial charge in [0.15, 0.2) is 6.29 Å². The molecule has 10 nitrogen and oxygen atoms in total. The molecule has 0 aliphatic carbocycles. The van der Waals surface area contributed by atoms with Gasteiger partial charge in [-0.3, -0.25) is 14.3 Å². The van der Waals surface area contributed by atoms with E-state index < -0.39 is 32.7 Å². The first kappa shape index (κ1) is 13.8. The number of carbonyl (C=O) groups excluding carboxylic acids is 2. The third-order valence-electron chi connectivity index (χ3n) is 1.18. The van der Waals surface area contributed by atoms with Crippen LogP contribution in [0.25, 0.3) is 0 Å². The summed E-state index contributed by atoms with van der Waals surface area (Å²) in [4.78, 5) is 29.4. The lowest BCUT2D eigenvalue weighted by molar-refractivity contribution is -0.263. The summed E-state index contributed by atoms with van der Waals surface area (Å²) in [5, 5.41) is 17.3. The molecule has 1 rings (SSSR count). The monoisotopic (exact) mass is 270 g/mol. The van der Waals surface area contributed by atoms with Gasteiger partial charge in [-0.25, -0.2) is 14.2 Å². The molecule has 1 atom stereocenters. The molecule has 0 amide bonds. The van der Waals surface area contributed by atoms with E-state index >= 15 is 0 Å². The molecule has 96 valence electrons. The molecule has 1 unspecified atom stereocenters. The van der Waals surface area contributed by atoms with E-state index in [-0.39, 0.29) is 0 Å². The van der Waals surface area contributed by atoms with E-state index in [4.69, 9.17) is 10.2 Å². The zero-order valence-electron chi connectivity index (χ0n) is 8.05. The molecule has 1 aliphatic heterocycles. The van der Waals surface area contributed by atoms with Gasteiger partial charge in [-0.2, -0.15) is 0 Å². The number of aliphatic hydroxyl groups excluding tert-OH is 2. The summed E-state index contributed by atoms with van der Waals surface area (Å²) >= 11 is 0. The summed E-state index contributed by atoms with van der Waals surface area (Å²) < 4.78 is 23.5. The summed E-state index contributed by atoms with van der Waals surface area (Å²) in [7, 11) is -4.70. The van der Waals surface area contributed by atoms with Gasteiger partial charge in [0.2, 0.25) is 0 Å². The molecule has 0 radical (unpaired) electrons. The molecule has 0 spiro atoms. The number of rotatable bonds is 3. The molecule has 0 bridgehead atoms. The van der Waals surface area contributed by atoms with Crippen LogP contribution in [0.1, 0.15) is 0 Å². The van der Waals surface area contributed by atoms with Crippen LogP contribution in [-0.4, -0.2) is 35.0 Å². The number of hydrogen-bond acceptors (Lipinski definition) is 10. The van der Waals surface area contributed by atoms with Crippen LogP contribution in [0.15, 0.2) is 12.2 Å². The van der Waals surface area contributed by atoms with Crippen molar-refractivity contribution in [1.82, 2.24) is 0 Å². The summed E-state index contributed by atoms with van der Waals surface area (Å²) in [6, 6.07) is 0. The largest absolute Gasteiger partial charge is 0.549 e. The predicted octanol–water partition coefficient (Wildman–Crippen LogP) is -1.06. The fraction of sp³-hybridized carbons (Fsp3) is 0.333. The number of aliphatic hydroxyl groups is 2. The smallest absolute Gasteiger partial charge is 0.391 e. The van der Waals surface area contributed by atoms with Gasteiger partial charge in [-0.1, -0.05) is 9.35 Å². The first-order valence-electron chi connectivity index (χ1n) is 4.01. The minimum absolute atomic E-state index is 0.615. The summed E-state index contributed by atoms with van der Waals surface area (Å²) in [5.74, 6) is -2.37. The van der Waals surface area contributed by atoms with Gasteiger partial charge in [0.05, 0.1) is 6.61 Å². The number of phosphoric acid groups is 1. The third-order valence-corrected chi connectivity index (χ3v) is 2.20. The van der Waals surface area contributed by atoms with Crippen molar-refractivity contribution in [3.63, 3.8) is 0 Å². The summed E-state index contributed by atoms with van der Waals surface area (Å²) in [6.07, 6.45) is -0.722. The van der Waals surface area contributed by atoms with Crippen LogP contribution < -0.4 is 0 Å². The highest BCUT2D eigenvalue weighted by atomic mass is 31.2. The van der Waals surface area contributed by atoms with E-state index in [0.717, 1.165) is 0 Å². The lowest BCUT2D eigenvalue weighted by atomic mass is 10.5. The van der Waals surface area contributed by atoms with Gasteiger partial charge in [0.25, 0.3) is 0 Å². The van der Waals surface area contributed by atoms with Gasteiger partial charge in [0, 0.05) is 12.2 Å². The van der Waals surface area contributed by atoms with E-state index in [0.29, 0.717) is 12.2 Å². The van der Waals surface area contributed by atoms with E-state index in [1.54, 1.807) is 0 Å². The fourth-order valence-electron chi connectivity index (χ4n) is 0.586. The lowest BCUT2D eigenvalue weighted by Gasteiger charge is -2.15. The van der Waals surface area contributed by atoms with Crippen molar-refractivity contribution >= 4 is 19.8 Å². The molecule has 0 saturated heterocycles. The Morgan fingerprint density at radius 2 is 1.71 bits per heavy atom. The van der Waals surface area contributed by atoms with E-state index in [1.165, 1.54) is 0 Å². The Labute approximate surface area is 93.8 Å². The average molecular weight is 270 g/mol. The van der Waals surface area contributed by atoms with Gasteiger partial charge < -0.3 is 10.2 Å². The van der Waals surface area contributed by atoms with E-state index in [2.05, 4.69) is 23.6 Å². The molecule has 11 heteroatoms. The maximum absolute atomic E-state index is 11.5. The number of carbonyl (C=O) groups is 2. The standard InChI is InChI=1S/C6H7O10P/c7-3-6(10)14-17(11)15-12-4(8)1-2-5(9)13-16-17/h1-2,6-7,10H,3H2/b2-1-. The maximum atomic E-state index is 11.5. The summed E-state index contributed by atoms with van der Waals surface area (Å²) in [6.45, 7) is -0.948. The van der Waals surface area contributed by atoms with Crippen LogP contribution in [0.5, 0.6) is 0 Å². The van der Waals surface area contributed by atoms with Crippen LogP contribution >= 0.6 is 7.82 Å². The average Bonchev–Trinajstić information content (AvgIpc) is 2.35. The van der Waals surface area contributed by atoms with Crippen molar-refractivity contribution in [3.05, 3.63) is 12.2 Å². The Hall–Kier alpha value is -1.29. The van der Waals surface area contributed by atoms with Crippen molar-refractivity contribution < 1.29 is 48.0 Å². The Kier molecular flexibility index (Phi) is 4.75. The first-order chi connectivity index (χ1) is 7.95. The molecule has 17 heavy (non-hydrogen) atoms. The molecule has 0 fully saturated rings. The molecule has 0 saturated carbocycles. The van der Waals surface area contributed by atoms with Gasteiger partial charge in [-0.15, -0.1) is 0 Å². The van der Waals surface area contributed by atoms with Crippen molar-refractivity contribution in [3.8, 4) is 0 Å². The number of hydrogen-bond donors (Lipinski definition) is 2. The fourth-order valence-corrected chi connectivity index (χ4v) is 1.38. The maximum Gasteiger partial charge on any atom is 0.549 e. The van der Waals surface area contributed by atoms with E-state index in [9.17, 15) is 14.2 Å². The molecule has 1 aliphatic rings. The first-order valence-corrected chi connectivity index (χ1v) is 5.47. The second-order valence-electron chi connectivity index (χ2n) is 2.48. The molecular formula is C6H7O10P. The second kappa shape index (κ2) is 5.87. The minimum Gasteiger partial charge on any atom is -0.391 e. The Morgan fingerprint density at radius 3 is 2.12 bits per heavy atom. The Morgan fingerprint density at radius 1 is 1.24 bits per heavy atom. The lowest BCUT2D eigenvalue weighted by Crippen LogP contribution is -2.17. The van der Waals surface area contributed by atoms with Gasteiger partial charge >= 0.3 is 19.8 Å². The van der Waals surface area contributed by atoms with Gasteiger partial charge in [0.1, 0.15) is 0 Å². The molecular weight excluding hydrogens is 263 g/mol. The minimum atomic E-state index is -4.70. The van der Waals surface area contributed by atoms with Crippen LogP contribution in [0, 0.1) is 0 Å². The SMILES string of the molecule is O=C1/C=C\C(=O)OOP(=O)(OC(O)CO)OO1. The second-order valence-corrected chi connectivity index (χ2v) is 3.88. The predicted molar refractivity (Wildman–Crippen MR) is 45.3 cm³/mol. The highest BCUT2D eigenvalue weighted by Crippen LogP contribution is 2.51. The topological polar surface area (TPSA) is 138 Å². The normalized spacial score (nSPS) is 23.6. The molecule has 2 N–H and O–H groups in total. The highest BCUT2D eigenvalue weighted by molar-refractivity contribution is 7.48. The van der Waals surface area contributed by atoms with Gasteiger partial charge in [-0.05, 0) is 0 Å². The van der Waals surface area contributed by atoms with Crippen molar-refractivity contribution in [2.45, 2.75) is 6.29 Å². The van der Waals surface area contributed by atoms with Crippen molar-refractivity contribution in [2.24, 2.45) is 0 Å². The summed E-state index contributed by atoms with van der Waals surface area (Å²) in [5.41, 5.74) is 0. The third kappa shape index (κ3) is 4.61. The molecule has 0 aromatic heterocycles.